The van der Waals surface area contributed by atoms with E-state index < -0.39 is 11.4 Å². The zero-order chi connectivity index (χ0) is 15.5. The van der Waals surface area contributed by atoms with E-state index in [1.165, 1.54) is 18.3 Å². The number of hydrogen-bond donors (Lipinski definition) is 1. The van der Waals surface area contributed by atoms with E-state index in [4.69, 9.17) is 16.3 Å². The third-order valence-corrected chi connectivity index (χ3v) is 3.63. The minimum atomic E-state index is -1.44. The van der Waals surface area contributed by atoms with Crippen molar-refractivity contribution in [2.24, 2.45) is 0 Å². The molecule has 1 unspecified atom stereocenters. The van der Waals surface area contributed by atoms with Gasteiger partial charge in [0, 0.05) is 7.11 Å². The van der Waals surface area contributed by atoms with E-state index in [2.05, 4.69) is 10.1 Å². The summed E-state index contributed by atoms with van der Waals surface area (Å²) in [5, 5.41) is 15.5. The first-order chi connectivity index (χ1) is 10.0. The maximum Gasteiger partial charge on any atom is 0.149 e. The van der Waals surface area contributed by atoms with Crippen molar-refractivity contribution in [3.8, 4) is 0 Å². The van der Waals surface area contributed by atoms with Gasteiger partial charge in [0.25, 0.3) is 0 Å². The number of aromatic nitrogens is 3. The molecule has 0 saturated heterocycles. The van der Waals surface area contributed by atoms with E-state index in [9.17, 15) is 9.50 Å². The van der Waals surface area contributed by atoms with E-state index in [0.717, 1.165) is 6.20 Å². The van der Waals surface area contributed by atoms with Crippen molar-refractivity contribution in [2.75, 3.05) is 13.7 Å². The lowest BCUT2D eigenvalue weighted by Gasteiger charge is -2.27. The zero-order valence-electron chi connectivity index (χ0n) is 11.9. The Hall–Kier alpha value is -1.50. The maximum absolute atomic E-state index is 13.0. The molecule has 0 aliphatic heterocycles. The Labute approximate surface area is 127 Å². The van der Waals surface area contributed by atoms with Crippen LogP contribution in [-0.4, -0.2) is 33.6 Å². The summed E-state index contributed by atoms with van der Waals surface area (Å²) in [6.07, 6.45) is 2.86. The molecule has 2 heterocycles. The molecule has 21 heavy (non-hydrogen) atoms. The molecule has 0 saturated carbocycles. The number of methoxy groups -OCH3 is 1. The molecule has 0 amide bonds. The van der Waals surface area contributed by atoms with Crippen molar-refractivity contribution in [3.05, 3.63) is 46.8 Å². The lowest BCUT2D eigenvalue weighted by atomic mass is 9.91. The van der Waals surface area contributed by atoms with Crippen molar-refractivity contribution in [3.63, 3.8) is 0 Å². The van der Waals surface area contributed by atoms with E-state index in [1.54, 1.807) is 18.7 Å². The maximum atomic E-state index is 13.0. The Kier molecular flexibility index (Phi) is 4.92. The molecule has 2 rings (SSSR count). The summed E-state index contributed by atoms with van der Waals surface area (Å²) in [5.41, 5.74) is -0.676. The van der Waals surface area contributed by atoms with Crippen molar-refractivity contribution < 1.29 is 14.2 Å². The summed E-state index contributed by atoms with van der Waals surface area (Å²) < 4.78 is 19.7. The Morgan fingerprint density at radius 3 is 2.76 bits per heavy atom. The summed E-state index contributed by atoms with van der Waals surface area (Å²) in [4.78, 5) is 3.98. The monoisotopic (exact) mass is 313 g/mol. The van der Waals surface area contributed by atoms with Crippen LogP contribution < -0.4 is 0 Å². The first-order valence-electron chi connectivity index (χ1n) is 6.58. The van der Waals surface area contributed by atoms with Crippen LogP contribution in [-0.2, 0) is 16.9 Å². The molecule has 0 bridgehead atoms. The van der Waals surface area contributed by atoms with Crippen LogP contribution in [0.2, 0.25) is 5.02 Å². The van der Waals surface area contributed by atoms with Crippen LogP contribution >= 0.6 is 11.6 Å². The van der Waals surface area contributed by atoms with E-state index in [1.807, 2.05) is 0 Å². The summed E-state index contributed by atoms with van der Waals surface area (Å²) in [7, 11) is 1.58. The molecule has 0 aliphatic rings. The first kappa shape index (κ1) is 15.9. The van der Waals surface area contributed by atoms with Gasteiger partial charge >= 0.3 is 0 Å². The van der Waals surface area contributed by atoms with Gasteiger partial charge in [-0.15, -0.1) is 0 Å². The first-order valence-corrected chi connectivity index (χ1v) is 6.95. The third kappa shape index (κ3) is 3.07. The van der Waals surface area contributed by atoms with Gasteiger partial charge in [-0.1, -0.05) is 18.5 Å². The normalized spacial score (nSPS) is 14.1. The van der Waals surface area contributed by atoms with Gasteiger partial charge in [0.1, 0.15) is 11.4 Å². The number of pyridine rings is 1. The number of ether oxygens (including phenoxy) is 1. The van der Waals surface area contributed by atoms with Crippen molar-refractivity contribution in [1.82, 2.24) is 14.8 Å². The summed E-state index contributed by atoms with van der Waals surface area (Å²) in [6, 6.07) is 2.70. The molecular weight excluding hydrogens is 297 g/mol. The van der Waals surface area contributed by atoms with Crippen LogP contribution in [0.15, 0.2) is 24.5 Å². The van der Waals surface area contributed by atoms with Gasteiger partial charge in [-0.25, -0.2) is 4.39 Å². The number of rotatable bonds is 6. The van der Waals surface area contributed by atoms with Gasteiger partial charge < -0.3 is 9.84 Å². The number of hydrogen-bond acceptors (Lipinski definition) is 4. The molecule has 0 fully saturated rings. The number of aliphatic hydroxyl groups is 1. The predicted molar refractivity (Wildman–Crippen MR) is 76.6 cm³/mol. The molecule has 0 aromatic carbocycles. The Morgan fingerprint density at radius 2 is 2.19 bits per heavy atom. The quantitative estimate of drug-likeness (QED) is 0.889. The highest BCUT2D eigenvalue weighted by Crippen LogP contribution is 2.35. The van der Waals surface area contributed by atoms with Gasteiger partial charge in [-0.3, -0.25) is 9.67 Å². The summed E-state index contributed by atoms with van der Waals surface area (Å²) in [6.45, 7) is 2.68. The fourth-order valence-corrected chi connectivity index (χ4v) is 2.51. The Morgan fingerprint density at radius 1 is 1.43 bits per heavy atom. The molecule has 0 aliphatic carbocycles. The van der Waals surface area contributed by atoms with Gasteiger partial charge in [-0.2, -0.15) is 5.10 Å². The highest BCUT2D eigenvalue weighted by molar-refractivity contribution is 6.31. The van der Waals surface area contributed by atoms with Crippen molar-refractivity contribution in [2.45, 2.75) is 25.5 Å². The molecule has 0 radical (unpaired) electrons. The fourth-order valence-electron chi connectivity index (χ4n) is 2.21. The van der Waals surface area contributed by atoms with Gasteiger partial charge in [0.15, 0.2) is 0 Å². The van der Waals surface area contributed by atoms with Crippen LogP contribution in [0.3, 0.4) is 0 Å². The Balaban J connectivity index is 2.49. The molecule has 7 heteroatoms. The minimum Gasteiger partial charge on any atom is -0.383 e. The zero-order valence-corrected chi connectivity index (χ0v) is 12.6. The van der Waals surface area contributed by atoms with Gasteiger partial charge in [0.05, 0.1) is 42.0 Å². The topological polar surface area (TPSA) is 60.2 Å². The smallest absolute Gasteiger partial charge is 0.149 e. The number of nitrogens with zero attached hydrogens (tertiary/aromatic N) is 3. The highest BCUT2D eigenvalue weighted by atomic mass is 35.5. The lowest BCUT2D eigenvalue weighted by Crippen LogP contribution is -2.32. The van der Waals surface area contributed by atoms with Crippen LogP contribution in [0, 0.1) is 5.82 Å². The minimum absolute atomic E-state index is 0.323. The largest absolute Gasteiger partial charge is 0.383 e. The van der Waals surface area contributed by atoms with Gasteiger partial charge in [-0.05, 0) is 18.6 Å². The second-order valence-corrected chi connectivity index (χ2v) is 5.04. The highest BCUT2D eigenvalue weighted by Gasteiger charge is 2.37. The SMILES string of the molecule is CCC(O)(c1ccc(F)cn1)c1c(Cl)cnn1CCOC. The molecule has 0 spiro atoms. The molecule has 5 nitrogen and oxygen atoms in total. The average Bonchev–Trinajstić information content (AvgIpc) is 2.86. The van der Waals surface area contributed by atoms with Crippen LogP contribution in [0.4, 0.5) is 4.39 Å². The van der Waals surface area contributed by atoms with E-state index >= 15 is 0 Å². The number of halogens is 2. The molecule has 2 aromatic rings. The van der Waals surface area contributed by atoms with Crippen molar-refractivity contribution in [1.29, 1.82) is 0 Å². The summed E-state index contributed by atoms with van der Waals surface area (Å²) >= 11 is 6.18. The fraction of sp³-hybridized carbons (Fsp3) is 0.429. The van der Waals surface area contributed by atoms with E-state index in [-0.39, 0.29) is 0 Å². The second-order valence-electron chi connectivity index (χ2n) is 4.63. The molecule has 1 N–H and O–H groups in total. The molecule has 2 aromatic heterocycles. The second kappa shape index (κ2) is 6.51. The predicted octanol–water partition coefficient (Wildman–Crippen LogP) is 2.36. The van der Waals surface area contributed by atoms with Crippen LogP contribution in [0.1, 0.15) is 24.7 Å². The lowest BCUT2D eigenvalue weighted by molar-refractivity contribution is 0.0599. The summed E-state index contributed by atoms with van der Waals surface area (Å²) in [5.74, 6) is -0.462. The van der Waals surface area contributed by atoms with Gasteiger partial charge in [0.2, 0.25) is 0 Å². The van der Waals surface area contributed by atoms with Crippen LogP contribution in [0.5, 0.6) is 0 Å². The molecule has 114 valence electrons. The molecule has 1 atom stereocenters. The van der Waals surface area contributed by atoms with Crippen molar-refractivity contribution >= 4 is 11.6 Å². The third-order valence-electron chi connectivity index (χ3n) is 3.36. The standard InChI is InChI=1S/C14H17ClFN3O2/c1-3-14(20,12-5-4-10(16)8-17-12)13-11(15)9-18-19(13)6-7-21-2/h4-5,8-9,20H,3,6-7H2,1-2H3. The Bertz CT molecular complexity index is 603. The average molecular weight is 314 g/mol. The van der Waals surface area contributed by atoms with E-state index in [0.29, 0.717) is 36.0 Å². The molecular formula is C14H17ClFN3O2. The van der Waals surface area contributed by atoms with Crippen LogP contribution in [0.25, 0.3) is 0 Å².